The maximum atomic E-state index is 11.2. The van der Waals surface area contributed by atoms with Gasteiger partial charge in [-0.1, -0.05) is 18.2 Å². The summed E-state index contributed by atoms with van der Waals surface area (Å²) >= 11 is 0. The van der Waals surface area contributed by atoms with Crippen LogP contribution >= 0.6 is 0 Å². The van der Waals surface area contributed by atoms with Crippen molar-refractivity contribution in [3.63, 3.8) is 0 Å². The number of rotatable bonds is 2. The van der Waals surface area contributed by atoms with E-state index in [1.54, 1.807) is 30.4 Å². The van der Waals surface area contributed by atoms with Crippen molar-refractivity contribution < 1.29 is 14.3 Å². The van der Waals surface area contributed by atoms with Gasteiger partial charge in [0.15, 0.2) is 0 Å². The van der Waals surface area contributed by atoms with E-state index >= 15 is 0 Å². The third-order valence-electron chi connectivity index (χ3n) is 2.19. The number of benzene rings is 1. The molecule has 0 bridgehead atoms. The van der Waals surface area contributed by atoms with Crippen LogP contribution < -0.4 is 0 Å². The van der Waals surface area contributed by atoms with E-state index in [9.17, 15) is 9.59 Å². The van der Waals surface area contributed by atoms with Crippen molar-refractivity contribution in [1.29, 1.82) is 5.26 Å². The molecule has 0 saturated heterocycles. The minimum absolute atomic E-state index is 0.282. The first-order chi connectivity index (χ1) is 7.72. The van der Waals surface area contributed by atoms with Gasteiger partial charge in [-0.3, -0.25) is 0 Å². The van der Waals surface area contributed by atoms with Crippen molar-refractivity contribution in [3.05, 3.63) is 41.0 Å². The fourth-order valence-corrected chi connectivity index (χ4v) is 1.45. The second-order valence-corrected chi connectivity index (χ2v) is 3.25. The Morgan fingerprint density at radius 1 is 1.25 bits per heavy atom. The van der Waals surface area contributed by atoms with Crippen LogP contribution in [0.15, 0.2) is 24.3 Å². The molecule has 1 aromatic carbocycles. The number of carbonyl (C=O) groups is 2. The molecule has 0 amide bonds. The largest absolute Gasteiger partial charge is 0.386 e. The van der Waals surface area contributed by atoms with E-state index in [0.717, 1.165) is 5.56 Å². The molecule has 1 aromatic rings. The molecule has 2 rings (SSSR count). The summed E-state index contributed by atoms with van der Waals surface area (Å²) in [5.41, 5.74) is 1.34. The first kappa shape index (κ1) is 10.1. The van der Waals surface area contributed by atoms with Crippen molar-refractivity contribution in [2.75, 3.05) is 0 Å². The molecule has 0 N–H and O–H groups in total. The smallest absolute Gasteiger partial charge is 0.346 e. The lowest BCUT2D eigenvalue weighted by Crippen LogP contribution is -1.96. The van der Waals surface area contributed by atoms with Crippen LogP contribution in [-0.2, 0) is 4.74 Å². The van der Waals surface area contributed by atoms with E-state index in [-0.39, 0.29) is 5.56 Å². The monoisotopic (exact) mass is 213 g/mol. The topological polar surface area (TPSA) is 67.2 Å². The maximum absolute atomic E-state index is 11.2. The lowest BCUT2D eigenvalue weighted by Gasteiger charge is -1.95. The number of hydrogen-bond acceptors (Lipinski definition) is 4. The number of cyclic esters (lactones) is 2. The molecule has 0 aromatic heterocycles. The summed E-state index contributed by atoms with van der Waals surface area (Å²) in [5, 5.41) is 8.36. The number of hydrogen-bond donors (Lipinski definition) is 0. The zero-order valence-corrected chi connectivity index (χ0v) is 8.27. The lowest BCUT2D eigenvalue weighted by molar-refractivity contribution is 0.0444. The number of fused-ring (bicyclic) bond motifs is 1. The third kappa shape index (κ3) is 1.71. The van der Waals surface area contributed by atoms with E-state index in [1.165, 1.54) is 0 Å². The average Bonchev–Trinajstić information content (AvgIpc) is 2.55. The summed E-state index contributed by atoms with van der Waals surface area (Å²) in [6.45, 7) is 0. The van der Waals surface area contributed by atoms with Gasteiger partial charge in [-0.05, 0) is 17.7 Å². The lowest BCUT2D eigenvalue weighted by atomic mass is 10.1. The summed E-state index contributed by atoms with van der Waals surface area (Å²) in [6.07, 6.45) is 3.71. The fraction of sp³-hybridized carbons (Fsp3) is 0.0833. The van der Waals surface area contributed by atoms with Crippen molar-refractivity contribution in [3.8, 4) is 6.07 Å². The fourth-order valence-electron chi connectivity index (χ4n) is 1.45. The van der Waals surface area contributed by atoms with Gasteiger partial charge in [0.25, 0.3) is 0 Å². The number of allylic oxidation sites excluding steroid dienone is 1. The molecule has 0 fully saturated rings. The number of ether oxygens (including phenoxy) is 1. The Morgan fingerprint density at radius 3 is 2.75 bits per heavy atom. The Morgan fingerprint density at radius 2 is 2.00 bits per heavy atom. The van der Waals surface area contributed by atoms with Gasteiger partial charge in [-0.2, -0.15) is 5.26 Å². The average molecular weight is 213 g/mol. The van der Waals surface area contributed by atoms with E-state index in [4.69, 9.17) is 5.26 Å². The van der Waals surface area contributed by atoms with Crippen LogP contribution in [0.25, 0.3) is 6.08 Å². The Bertz CT molecular complexity index is 538. The van der Waals surface area contributed by atoms with Gasteiger partial charge in [0, 0.05) is 0 Å². The highest BCUT2D eigenvalue weighted by atomic mass is 16.6. The van der Waals surface area contributed by atoms with Crippen molar-refractivity contribution in [1.82, 2.24) is 0 Å². The summed E-state index contributed by atoms with van der Waals surface area (Å²) in [7, 11) is 0. The maximum Gasteiger partial charge on any atom is 0.346 e. The minimum Gasteiger partial charge on any atom is -0.386 e. The predicted molar refractivity (Wildman–Crippen MR) is 55.5 cm³/mol. The normalized spacial score (nSPS) is 13.7. The van der Waals surface area contributed by atoms with Crippen LogP contribution in [0.1, 0.15) is 32.7 Å². The molecule has 0 unspecified atom stereocenters. The number of nitrogens with zero attached hydrogens (tertiary/aromatic N) is 1. The highest BCUT2D eigenvalue weighted by Gasteiger charge is 2.29. The molecule has 0 radical (unpaired) electrons. The van der Waals surface area contributed by atoms with Gasteiger partial charge in [0.1, 0.15) is 0 Å². The molecule has 0 saturated carbocycles. The van der Waals surface area contributed by atoms with Crippen molar-refractivity contribution in [2.24, 2.45) is 0 Å². The van der Waals surface area contributed by atoms with Gasteiger partial charge in [-0.15, -0.1) is 0 Å². The first-order valence-electron chi connectivity index (χ1n) is 4.66. The van der Waals surface area contributed by atoms with Gasteiger partial charge in [-0.25, -0.2) is 9.59 Å². The van der Waals surface area contributed by atoms with Crippen LogP contribution in [0.3, 0.4) is 0 Å². The first-order valence-corrected chi connectivity index (χ1v) is 4.66. The second-order valence-electron chi connectivity index (χ2n) is 3.25. The van der Waals surface area contributed by atoms with E-state index in [0.29, 0.717) is 12.0 Å². The summed E-state index contributed by atoms with van der Waals surface area (Å²) in [4.78, 5) is 22.4. The number of esters is 2. The molecule has 1 aliphatic rings. The molecule has 0 aliphatic carbocycles. The van der Waals surface area contributed by atoms with Gasteiger partial charge in [0.05, 0.1) is 23.6 Å². The SMILES string of the molecule is N#CCC=Cc1ccc2c(c1)C(=O)OC2=O. The van der Waals surface area contributed by atoms with Gasteiger partial charge >= 0.3 is 11.9 Å². The Hall–Kier alpha value is -2.41. The van der Waals surface area contributed by atoms with Crippen LogP contribution in [0.5, 0.6) is 0 Å². The molecule has 16 heavy (non-hydrogen) atoms. The third-order valence-corrected chi connectivity index (χ3v) is 2.19. The number of nitriles is 1. The number of carbonyl (C=O) groups excluding carboxylic acids is 2. The van der Waals surface area contributed by atoms with Crippen LogP contribution in [-0.4, -0.2) is 11.9 Å². The Kier molecular flexibility index (Phi) is 2.52. The predicted octanol–water partition coefficient (Wildman–Crippen LogP) is 1.92. The quantitative estimate of drug-likeness (QED) is 0.556. The van der Waals surface area contributed by atoms with Crippen LogP contribution in [0.2, 0.25) is 0 Å². The van der Waals surface area contributed by atoms with Gasteiger partial charge < -0.3 is 4.74 Å². The van der Waals surface area contributed by atoms with E-state index in [1.807, 2.05) is 6.07 Å². The van der Waals surface area contributed by atoms with Crippen LogP contribution in [0.4, 0.5) is 0 Å². The minimum atomic E-state index is -0.615. The van der Waals surface area contributed by atoms with Gasteiger partial charge in [0.2, 0.25) is 0 Å². The molecular formula is C12H7NO3. The summed E-state index contributed by atoms with van der Waals surface area (Å²) in [5.74, 6) is -1.22. The second kappa shape index (κ2) is 3.99. The van der Waals surface area contributed by atoms with Crippen molar-refractivity contribution >= 4 is 18.0 Å². The molecular weight excluding hydrogens is 206 g/mol. The molecule has 4 nitrogen and oxygen atoms in total. The van der Waals surface area contributed by atoms with Crippen LogP contribution in [0, 0.1) is 11.3 Å². The van der Waals surface area contributed by atoms with Crippen molar-refractivity contribution in [2.45, 2.75) is 6.42 Å². The zero-order valence-electron chi connectivity index (χ0n) is 8.27. The molecule has 1 aliphatic heterocycles. The summed E-state index contributed by atoms with van der Waals surface area (Å²) < 4.78 is 4.46. The molecule has 4 heteroatoms. The summed E-state index contributed by atoms with van der Waals surface area (Å²) in [6, 6.07) is 6.80. The standard InChI is InChI=1S/C12H7NO3/c13-6-2-1-3-8-4-5-9-10(7-8)12(15)16-11(9)14/h1,3-5,7H,2H2. The zero-order chi connectivity index (χ0) is 11.5. The highest BCUT2D eigenvalue weighted by Crippen LogP contribution is 2.21. The highest BCUT2D eigenvalue weighted by molar-refractivity contribution is 6.14. The van der Waals surface area contributed by atoms with E-state index < -0.39 is 11.9 Å². The molecule has 0 atom stereocenters. The van der Waals surface area contributed by atoms with E-state index in [2.05, 4.69) is 4.74 Å². The molecule has 78 valence electrons. The Labute approximate surface area is 91.8 Å². The molecule has 1 heterocycles. The Balaban J connectivity index is 2.34. The molecule has 0 spiro atoms.